The van der Waals surface area contributed by atoms with E-state index in [1.807, 2.05) is 29.4 Å². The van der Waals surface area contributed by atoms with Gasteiger partial charge in [-0.3, -0.25) is 14.7 Å². The molecule has 0 N–H and O–H groups in total. The molecule has 23 heavy (non-hydrogen) atoms. The maximum atomic E-state index is 12.0. The fourth-order valence-electron chi connectivity index (χ4n) is 3.20. The molecule has 0 bridgehead atoms. The zero-order valence-corrected chi connectivity index (χ0v) is 13.5. The van der Waals surface area contributed by atoms with Crippen LogP contribution in [0.15, 0.2) is 47.3 Å². The molecular formula is C18H23N3O2. The van der Waals surface area contributed by atoms with E-state index in [1.54, 1.807) is 13.2 Å². The van der Waals surface area contributed by atoms with E-state index in [9.17, 15) is 4.79 Å². The number of likely N-dealkylation sites (tertiary alicyclic amines) is 1. The van der Waals surface area contributed by atoms with E-state index < -0.39 is 0 Å². The topological polar surface area (TPSA) is 49.6 Å². The number of nitrogens with zero attached hydrogens (tertiary/aromatic N) is 3. The van der Waals surface area contributed by atoms with E-state index in [-0.39, 0.29) is 5.91 Å². The fraction of sp³-hybridized carbons (Fsp3) is 0.444. The minimum atomic E-state index is 0.119. The lowest BCUT2D eigenvalue weighted by Gasteiger charge is -2.38. The Morgan fingerprint density at radius 1 is 1.30 bits per heavy atom. The molecule has 1 amide bonds. The predicted octanol–water partition coefficient (Wildman–Crippen LogP) is 2.69. The molecule has 0 unspecified atom stereocenters. The minimum Gasteiger partial charge on any atom is -0.467 e. The summed E-state index contributed by atoms with van der Waals surface area (Å²) in [7, 11) is 0. The third kappa shape index (κ3) is 4.20. The number of furan rings is 1. The Bertz CT molecular complexity index is 604. The van der Waals surface area contributed by atoms with E-state index in [4.69, 9.17) is 4.42 Å². The molecule has 1 fully saturated rings. The van der Waals surface area contributed by atoms with Crippen molar-refractivity contribution in [3.05, 3.63) is 54.2 Å². The van der Waals surface area contributed by atoms with Crippen molar-refractivity contribution >= 4 is 5.91 Å². The first-order chi connectivity index (χ1) is 11.2. The zero-order valence-electron chi connectivity index (χ0n) is 13.5. The Morgan fingerprint density at radius 3 is 2.65 bits per heavy atom. The number of rotatable bonds is 5. The van der Waals surface area contributed by atoms with Crippen LogP contribution >= 0.6 is 0 Å². The van der Waals surface area contributed by atoms with Crippen molar-refractivity contribution in [2.75, 3.05) is 13.1 Å². The van der Waals surface area contributed by atoms with E-state index in [2.05, 4.69) is 22.0 Å². The van der Waals surface area contributed by atoms with Crippen LogP contribution in [-0.2, 0) is 17.9 Å². The summed E-state index contributed by atoms with van der Waals surface area (Å²) in [6.07, 6.45) is 7.34. The van der Waals surface area contributed by atoms with Crippen LogP contribution in [0.25, 0.3) is 0 Å². The zero-order chi connectivity index (χ0) is 16.1. The number of pyridine rings is 1. The van der Waals surface area contributed by atoms with Crippen molar-refractivity contribution in [1.82, 2.24) is 14.8 Å². The molecule has 0 aliphatic carbocycles. The summed E-state index contributed by atoms with van der Waals surface area (Å²) in [6.45, 7) is 5.18. The Balaban J connectivity index is 1.55. The number of carbonyl (C=O) groups is 1. The number of hydrogen-bond donors (Lipinski definition) is 0. The van der Waals surface area contributed by atoms with Crippen molar-refractivity contribution in [3.63, 3.8) is 0 Å². The molecular weight excluding hydrogens is 290 g/mol. The van der Waals surface area contributed by atoms with Gasteiger partial charge in [0, 0.05) is 45.0 Å². The smallest absolute Gasteiger partial charge is 0.220 e. The predicted molar refractivity (Wildman–Crippen MR) is 87.5 cm³/mol. The summed E-state index contributed by atoms with van der Waals surface area (Å²) in [5.74, 6) is 0.966. The third-order valence-electron chi connectivity index (χ3n) is 4.46. The van der Waals surface area contributed by atoms with Crippen molar-refractivity contribution in [1.29, 1.82) is 0 Å². The second-order valence-corrected chi connectivity index (χ2v) is 6.09. The molecule has 2 aromatic rings. The van der Waals surface area contributed by atoms with Gasteiger partial charge in [-0.05, 0) is 42.7 Å². The highest BCUT2D eigenvalue weighted by atomic mass is 16.3. The Hall–Kier alpha value is -2.14. The second-order valence-electron chi connectivity index (χ2n) is 6.09. The highest BCUT2D eigenvalue weighted by molar-refractivity contribution is 5.73. The highest BCUT2D eigenvalue weighted by Crippen LogP contribution is 2.20. The molecule has 0 aromatic carbocycles. The lowest BCUT2D eigenvalue weighted by Crippen LogP contribution is -2.46. The molecule has 0 spiro atoms. The first-order valence-electron chi connectivity index (χ1n) is 8.13. The molecule has 1 saturated heterocycles. The van der Waals surface area contributed by atoms with Crippen LogP contribution in [0.3, 0.4) is 0 Å². The van der Waals surface area contributed by atoms with Gasteiger partial charge >= 0.3 is 0 Å². The molecule has 1 aliphatic rings. The van der Waals surface area contributed by atoms with Gasteiger partial charge in [0.05, 0.1) is 12.8 Å². The number of amides is 1. The summed E-state index contributed by atoms with van der Waals surface area (Å²) in [5, 5.41) is 0. The molecule has 0 saturated carbocycles. The number of aromatic nitrogens is 1. The normalized spacial score (nSPS) is 16.4. The summed E-state index contributed by atoms with van der Waals surface area (Å²) in [5.41, 5.74) is 1.29. The van der Waals surface area contributed by atoms with Crippen LogP contribution in [0.4, 0.5) is 0 Å². The maximum absolute atomic E-state index is 12.0. The van der Waals surface area contributed by atoms with Gasteiger partial charge in [-0.2, -0.15) is 0 Å². The molecule has 2 aromatic heterocycles. The quantitative estimate of drug-likeness (QED) is 0.851. The number of hydrogen-bond acceptors (Lipinski definition) is 4. The Kier molecular flexibility index (Phi) is 5.08. The molecule has 3 heterocycles. The SMILES string of the molecule is CC(=O)N(Cc1ccco1)C1CCN(Cc2ccncc2)CC1. The standard InChI is InChI=1S/C18H23N3O2/c1-15(22)21(14-18-3-2-12-23-18)17-6-10-20(11-7-17)13-16-4-8-19-9-5-16/h2-5,8-9,12,17H,6-7,10-11,13-14H2,1H3. The van der Waals surface area contributed by atoms with E-state index in [1.165, 1.54) is 5.56 Å². The van der Waals surface area contributed by atoms with Gasteiger partial charge < -0.3 is 9.32 Å². The van der Waals surface area contributed by atoms with Crippen molar-refractivity contribution in [2.45, 2.75) is 38.9 Å². The third-order valence-corrected chi connectivity index (χ3v) is 4.46. The maximum Gasteiger partial charge on any atom is 0.220 e. The Morgan fingerprint density at radius 2 is 2.04 bits per heavy atom. The molecule has 5 nitrogen and oxygen atoms in total. The van der Waals surface area contributed by atoms with Crippen LogP contribution in [0.5, 0.6) is 0 Å². The summed E-state index contributed by atoms with van der Waals surface area (Å²) in [4.78, 5) is 20.5. The summed E-state index contributed by atoms with van der Waals surface area (Å²) < 4.78 is 5.39. The van der Waals surface area contributed by atoms with Crippen LogP contribution in [0, 0.1) is 0 Å². The van der Waals surface area contributed by atoms with Gasteiger partial charge in [0.15, 0.2) is 0 Å². The number of carbonyl (C=O) groups excluding carboxylic acids is 1. The van der Waals surface area contributed by atoms with Gasteiger partial charge in [0.25, 0.3) is 0 Å². The largest absolute Gasteiger partial charge is 0.467 e. The lowest BCUT2D eigenvalue weighted by molar-refractivity contribution is -0.133. The molecule has 0 radical (unpaired) electrons. The van der Waals surface area contributed by atoms with Crippen LogP contribution < -0.4 is 0 Å². The van der Waals surface area contributed by atoms with E-state index >= 15 is 0 Å². The second kappa shape index (κ2) is 7.42. The average Bonchev–Trinajstić information content (AvgIpc) is 3.07. The lowest BCUT2D eigenvalue weighted by atomic mass is 10.0. The summed E-state index contributed by atoms with van der Waals surface area (Å²) in [6, 6.07) is 8.21. The Labute approximate surface area is 136 Å². The van der Waals surface area contributed by atoms with E-state index in [0.29, 0.717) is 12.6 Å². The van der Waals surface area contributed by atoms with Gasteiger partial charge in [0.2, 0.25) is 5.91 Å². The molecule has 3 rings (SSSR count). The van der Waals surface area contributed by atoms with Crippen molar-refractivity contribution < 1.29 is 9.21 Å². The van der Waals surface area contributed by atoms with Crippen LogP contribution in [0.2, 0.25) is 0 Å². The molecule has 122 valence electrons. The van der Waals surface area contributed by atoms with Gasteiger partial charge in [-0.1, -0.05) is 0 Å². The van der Waals surface area contributed by atoms with Gasteiger partial charge in [-0.25, -0.2) is 0 Å². The van der Waals surface area contributed by atoms with Crippen molar-refractivity contribution in [2.24, 2.45) is 0 Å². The summed E-state index contributed by atoms with van der Waals surface area (Å²) >= 11 is 0. The van der Waals surface area contributed by atoms with Gasteiger partial charge in [-0.15, -0.1) is 0 Å². The highest BCUT2D eigenvalue weighted by Gasteiger charge is 2.26. The van der Waals surface area contributed by atoms with Crippen LogP contribution in [-0.4, -0.2) is 39.8 Å². The monoisotopic (exact) mass is 313 g/mol. The molecule has 5 heteroatoms. The van der Waals surface area contributed by atoms with Crippen molar-refractivity contribution in [3.8, 4) is 0 Å². The molecule has 0 atom stereocenters. The van der Waals surface area contributed by atoms with Crippen LogP contribution in [0.1, 0.15) is 31.1 Å². The molecule has 1 aliphatic heterocycles. The fourth-order valence-corrected chi connectivity index (χ4v) is 3.20. The van der Waals surface area contributed by atoms with E-state index in [0.717, 1.165) is 38.2 Å². The van der Waals surface area contributed by atoms with Gasteiger partial charge in [0.1, 0.15) is 5.76 Å². The minimum absolute atomic E-state index is 0.119. The number of piperidine rings is 1. The first kappa shape index (κ1) is 15.7. The first-order valence-corrected chi connectivity index (χ1v) is 8.13. The average molecular weight is 313 g/mol.